The Hall–Kier alpha value is -1.16. The zero-order valence-electron chi connectivity index (χ0n) is 8.43. The van der Waals surface area contributed by atoms with Gasteiger partial charge in [0.2, 0.25) is 0 Å². The normalized spacial score (nSPS) is 46.1. The lowest BCUT2D eigenvalue weighted by atomic mass is 9.70. The number of hydrogen-bond donors (Lipinski definition) is 0. The summed E-state index contributed by atoms with van der Waals surface area (Å²) in [5, 5.41) is 0. The fraction of sp³-hybridized carbons (Fsp3) is 0.636. The molecule has 4 atom stereocenters. The molecule has 0 spiro atoms. The van der Waals surface area contributed by atoms with Crippen LogP contribution in [0.15, 0.2) is 12.2 Å². The number of ether oxygens (including phenoxy) is 2. The third kappa shape index (κ3) is 0.862. The van der Waals surface area contributed by atoms with Gasteiger partial charge in [-0.3, -0.25) is 9.59 Å². The van der Waals surface area contributed by atoms with Crippen molar-refractivity contribution >= 4 is 11.9 Å². The Labute approximate surface area is 87.2 Å². The smallest absolute Gasteiger partial charge is 0.323 e. The van der Waals surface area contributed by atoms with Crippen LogP contribution in [0, 0.1) is 23.2 Å². The fourth-order valence-electron chi connectivity index (χ4n) is 3.38. The molecule has 0 amide bonds. The van der Waals surface area contributed by atoms with Gasteiger partial charge in [-0.15, -0.1) is 0 Å². The number of hydrogen-bond acceptors (Lipinski definition) is 4. The largest absolute Gasteiger partial charge is 0.392 e. The molecule has 4 heteroatoms. The highest BCUT2D eigenvalue weighted by Crippen LogP contribution is 2.60. The van der Waals surface area contributed by atoms with Gasteiger partial charge in [0.05, 0.1) is 12.5 Å². The molecule has 1 aliphatic heterocycles. The minimum absolute atomic E-state index is 0.117. The predicted molar refractivity (Wildman–Crippen MR) is 49.6 cm³/mol. The lowest BCUT2D eigenvalue weighted by Gasteiger charge is -2.29. The summed E-state index contributed by atoms with van der Waals surface area (Å²) in [6, 6.07) is 0. The second-order valence-electron chi connectivity index (χ2n) is 4.55. The van der Waals surface area contributed by atoms with Crippen LogP contribution in [0.4, 0.5) is 0 Å². The van der Waals surface area contributed by atoms with Crippen LogP contribution in [0.25, 0.3) is 0 Å². The third-order valence-corrected chi connectivity index (χ3v) is 3.97. The Morgan fingerprint density at radius 1 is 1.53 bits per heavy atom. The van der Waals surface area contributed by atoms with Crippen LogP contribution >= 0.6 is 0 Å². The second-order valence-corrected chi connectivity index (χ2v) is 4.55. The molecule has 3 aliphatic rings. The monoisotopic (exact) mass is 208 g/mol. The van der Waals surface area contributed by atoms with Gasteiger partial charge >= 0.3 is 11.9 Å². The van der Waals surface area contributed by atoms with E-state index < -0.39 is 11.4 Å². The van der Waals surface area contributed by atoms with Crippen molar-refractivity contribution < 1.29 is 19.1 Å². The van der Waals surface area contributed by atoms with Gasteiger partial charge in [-0.05, 0) is 18.3 Å². The maximum atomic E-state index is 11.8. The van der Waals surface area contributed by atoms with Gasteiger partial charge in [-0.1, -0.05) is 12.2 Å². The van der Waals surface area contributed by atoms with Gasteiger partial charge in [0.25, 0.3) is 0 Å². The fourth-order valence-corrected chi connectivity index (χ4v) is 3.38. The van der Waals surface area contributed by atoms with Gasteiger partial charge < -0.3 is 9.47 Å². The maximum Gasteiger partial charge on any atom is 0.323 e. The molecule has 2 fully saturated rings. The first-order valence-corrected chi connectivity index (χ1v) is 5.13. The zero-order valence-corrected chi connectivity index (χ0v) is 8.43. The van der Waals surface area contributed by atoms with Gasteiger partial charge in [-0.25, -0.2) is 0 Å². The number of fused-ring (bicyclic) bond motifs is 5. The topological polar surface area (TPSA) is 52.6 Å². The Balaban J connectivity index is 2.10. The van der Waals surface area contributed by atoms with E-state index in [0.717, 1.165) is 6.42 Å². The molecule has 4 nitrogen and oxygen atoms in total. The zero-order chi connectivity index (χ0) is 10.6. The Morgan fingerprint density at radius 3 is 3.07 bits per heavy atom. The first-order chi connectivity index (χ1) is 7.20. The molecule has 0 radical (unpaired) electrons. The molecule has 15 heavy (non-hydrogen) atoms. The molecule has 2 bridgehead atoms. The second kappa shape index (κ2) is 2.70. The number of cyclic esters (lactones) is 2. The molecule has 0 aromatic heterocycles. The van der Waals surface area contributed by atoms with Crippen LogP contribution in [0.2, 0.25) is 0 Å². The van der Waals surface area contributed by atoms with Crippen molar-refractivity contribution in [3.05, 3.63) is 12.2 Å². The summed E-state index contributed by atoms with van der Waals surface area (Å²) in [4.78, 5) is 23.4. The van der Waals surface area contributed by atoms with E-state index in [1.807, 2.05) is 12.2 Å². The number of carbonyl (C=O) groups excluding carboxylic acids is 2. The van der Waals surface area contributed by atoms with Crippen LogP contribution in [-0.4, -0.2) is 25.7 Å². The van der Waals surface area contributed by atoms with E-state index in [4.69, 9.17) is 9.47 Å². The van der Waals surface area contributed by atoms with Crippen molar-refractivity contribution in [2.24, 2.45) is 23.2 Å². The molecular weight excluding hydrogens is 196 g/mol. The first-order valence-electron chi connectivity index (χ1n) is 5.13. The standard InChI is InChI=1S/C11H12O4/c1-14-5-11-7-3-2-6(4-7)8(11)9(12)15-10(11)13/h2-3,6-8H,4-5H2,1H3/t6-,7?,8+,11-/m0/s1. The van der Waals surface area contributed by atoms with Crippen molar-refractivity contribution in [2.75, 3.05) is 13.7 Å². The summed E-state index contributed by atoms with van der Waals surface area (Å²) in [7, 11) is 1.55. The first kappa shape index (κ1) is 9.09. The molecule has 3 rings (SSSR count). The van der Waals surface area contributed by atoms with Crippen LogP contribution in [0.3, 0.4) is 0 Å². The van der Waals surface area contributed by atoms with E-state index in [1.165, 1.54) is 0 Å². The summed E-state index contributed by atoms with van der Waals surface area (Å²) in [6.45, 7) is 0.285. The average molecular weight is 208 g/mol. The van der Waals surface area contributed by atoms with Gasteiger partial charge in [0.1, 0.15) is 5.41 Å². The van der Waals surface area contributed by atoms with Crippen molar-refractivity contribution in [1.29, 1.82) is 0 Å². The molecule has 2 aliphatic carbocycles. The summed E-state index contributed by atoms with van der Waals surface area (Å²) in [5.74, 6) is -0.777. The van der Waals surface area contributed by atoms with Crippen LogP contribution in [-0.2, 0) is 19.1 Å². The van der Waals surface area contributed by atoms with E-state index in [1.54, 1.807) is 7.11 Å². The van der Waals surface area contributed by atoms with E-state index in [9.17, 15) is 9.59 Å². The van der Waals surface area contributed by atoms with Crippen molar-refractivity contribution in [3.8, 4) is 0 Å². The molecular formula is C11H12O4. The van der Waals surface area contributed by atoms with Crippen molar-refractivity contribution in [1.82, 2.24) is 0 Å². The SMILES string of the molecule is COC[C@@]12C(=O)OC(=O)[C@H]1[C@H]1C=CC2C1. The highest BCUT2D eigenvalue weighted by atomic mass is 16.6. The molecule has 1 saturated heterocycles. The average Bonchev–Trinajstić information content (AvgIpc) is 2.81. The molecule has 1 heterocycles. The summed E-state index contributed by atoms with van der Waals surface area (Å²) < 4.78 is 9.88. The number of allylic oxidation sites excluding steroid dienone is 2. The number of methoxy groups -OCH3 is 1. The quantitative estimate of drug-likeness (QED) is 0.377. The van der Waals surface area contributed by atoms with E-state index >= 15 is 0 Å². The molecule has 1 unspecified atom stereocenters. The number of rotatable bonds is 2. The van der Waals surface area contributed by atoms with Crippen molar-refractivity contribution in [3.63, 3.8) is 0 Å². The predicted octanol–water partition coefficient (Wildman–Crippen LogP) is 0.525. The van der Waals surface area contributed by atoms with E-state index in [2.05, 4.69) is 0 Å². The minimum atomic E-state index is -0.717. The van der Waals surface area contributed by atoms with E-state index in [0.29, 0.717) is 0 Å². The van der Waals surface area contributed by atoms with Crippen LogP contribution < -0.4 is 0 Å². The van der Waals surface area contributed by atoms with E-state index in [-0.39, 0.29) is 30.3 Å². The Bertz CT molecular complexity index is 373. The van der Waals surface area contributed by atoms with Crippen LogP contribution in [0.1, 0.15) is 6.42 Å². The number of esters is 2. The summed E-state index contributed by atoms with van der Waals surface area (Å²) in [5.41, 5.74) is -0.717. The lowest BCUT2D eigenvalue weighted by Crippen LogP contribution is -2.41. The van der Waals surface area contributed by atoms with Gasteiger partial charge in [0.15, 0.2) is 0 Å². The van der Waals surface area contributed by atoms with Crippen LogP contribution in [0.5, 0.6) is 0 Å². The summed E-state index contributed by atoms with van der Waals surface area (Å²) in [6.07, 6.45) is 4.94. The maximum absolute atomic E-state index is 11.8. The highest BCUT2D eigenvalue weighted by molar-refractivity contribution is 6.01. The van der Waals surface area contributed by atoms with Gasteiger partial charge in [0, 0.05) is 7.11 Å². The lowest BCUT2D eigenvalue weighted by molar-refractivity contribution is -0.157. The highest BCUT2D eigenvalue weighted by Gasteiger charge is 2.69. The Morgan fingerprint density at radius 2 is 2.33 bits per heavy atom. The number of carbonyl (C=O) groups is 2. The molecule has 1 saturated carbocycles. The minimum Gasteiger partial charge on any atom is -0.392 e. The molecule has 80 valence electrons. The Kier molecular flexibility index (Phi) is 1.63. The molecule has 0 aromatic rings. The molecule has 0 aromatic carbocycles. The third-order valence-electron chi connectivity index (χ3n) is 3.97. The van der Waals surface area contributed by atoms with Crippen molar-refractivity contribution in [2.45, 2.75) is 6.42 Å². The summed E-state index contributed by atoms with van der Waals surface area (Å²) >= 11 is 0. The molecule has 0 N–H and O–H groups in total. The van der Waals surface area contributed by atoms with Gasteiger partial charge in [-0.2, -0.15) is 0 Å².